The van der Waals surface area contributed by atoms with Crippen molar-refractivity contribution in [2.45, 2.75) is 47.6 Å². The van der Waals surface area contributed by atoms with Gasteiger partial charge in [0.25, 0.3) is 0 Å². The molecule has 0 bridgehead atoms. The number of fused-ring (bicyclic) bond motifs is 3. The summed E-state index contributed by atoms with van der Waals surface area (Å²) >= 11 is 7.85. The number of thioether (sulfide) groups is 1. The second-order valence-electron chi connectivity index (χ2n) is 16.3. The molecule has 13 heteroatoms. The molecule has 2 atom stereocenters. The second-order valence-corrected chi connectivity index (χ2v) is 18.0. The Morgan fingerprint density at radius 2 is 1.23 bits per heavy atom. The van der Waals surface area contributed by atoms with Crippen LogP contribution in [0.5, 0.6) is 0 Å². The maximum absolute atomic E-state index is 14.8. The number of carbonyl (C=O) groups is 5. The molecule has 0 spiro atoms. The highest BCUT2D eigenvalue weighted by atomic mass is 35.5. The number of hydrogen-bond donors (Lipinski definition) is 4. The average molecular weight is 922 g/mol. The summed E-state index contributed by atoms with van der Waals surface area (Å²) in [6, 6.07) is 50.3. The van der Waals surface area contributed by atoms with Crippen LogP contribution in [0.15, 0.2) is 164 Å². The van der Waals surface area contributed by atoms with E-state index in [1.54, 1.807) is 24.3 Å². The standard InChI is InChI=1S/C53H49ClN4O7S/c1-64-47(59)32-55-50(62)52(28-29-52)58-49(61)46(34-66-53(36-17-5-2-6-18-36,37-19-7-3-8-20-37)38-21-9-4-10-22-38)56-48(60)45(31-35-16-15-23-39(54)30-35)57-51(63)65-33-44-42-26-13-11-24-40(42)41-25-12-14-27-43(41)44/h2-27,30,44-46H,28-29,31-34H2,1H3,(H,55,62)(H,56,60)(H,57,63)(H,58,61). The Labute approximate surface area is 393 Å². The molecular formula is C53H49ClN4O7S. The first-order chi connectivity index (χ1) is 32.1. The fourth-order valence-corrected chi connectivity index (χ4v) is 10.3. The van der Waals surface area contributed by atoms with E-state index in [9.17, 15) is 24.0 Å². The van der Waals surface area contributed by atoms with E-state index in [2.05, 4.69) is 21.3 Å². The first-order valence-corrected chi connectivity index (χ1v) is 23.1. The van der Waals surface area contributed by atoms with Crippen LogP contribution in [0.1, 0.15) is 52.1 Å². The Balaban J connectivity index is 1.09. The Bertz CT molecular complexity index is 2560. The van der Waals surface area contributed by atoms with Crippen LogP contribution in [0.3, 0.4) is 0 Å². The molecule has 66 heavy (non-hydrogen) atoms. The first-order valence-electron chi connectivity index (χ1n) is 21.7. The van der Waals surface area contributed by atoms with Crippen LogP contribution in [0.4, 0.5) is 4.79 Å². The second kappa shape index (κ2) is 20.5. The van der Waals surface area contributed by atoms with Crippen LogP contribution < -0.4 is 21.3 Å². The van der Waals surface area contributed by atoms with Gasteiger partial charge in [0, 0.05) is 23.1 Å². The molecule has 0 radical (unpaired) electrons. The third-order valence-electron chi connectivity index (χ3n) is 12.1. The number of benzene rings is 6. The molecule has 2 aliphatic rings. The van der Waals surface area contributed by atoms with E-state index < -0.39 is 52.2 Å². The fraction of sp³-hybridized carbons (Fsp3) is 0.226. The van der Waals surface area contributed by atoms with Gasteiger partial charge in [-0.15, -0.1) is 11.8 Å². The monoisotopic (exact) mass is 920 g/mol. The van der Waals surface area contributed by atoms with Crippen molar-refractivity contribution >= 4 is 53.1 Å². The highest BCUT2D eigenvalue weighted by Crippen LogP contribution is 2.49. The summed E-state index contributed by atoms with van der Waals surface area (Å²) in [7, 11) is 1.22. The quantitative estimate of drug-likeness (QED) is 0.0502. The van der Waals surface area contributed by atoms with Gasteiger partial charge in [0.1, 0.15) is 30.8 Å². The normalized spacial score (nSPS) is 14.3. The van der Waals surface area contributed by atoms with Crippen molar-refractivity contribution in [1.82, 2.24) is 21.3 Å². The van der Waals surface area contributed by atoms with Gasteiger partial charge in [0.05, 0.1) is 11.9 Å². The van der Waals surface area contributed by atoms with Crippen molar-refractivity contribution in [3.05, 3.63) is 202 Å². The number of nitrogens with one attached hydrogen (secondary N) is 4. The van der Waals surface area contributed by atoms with Crippen molar-refractivity contribution in [2.75, 3.05) is 26.0 Å². The van der Waals surface area contributed by atoms with Gasteiger partial charge in [0.2, 0.25) is 17.7 Å². The molecule has 6 aromatic rings. The minimum absolute atomic E-state index is 0.0138. The molecule has 4 amide bonds. The minimum atomic E-state index is -1.30. The number of hydrogen-bond acceptors (Lipinski definition) is 8. The van der Waals surface area contributed by atoms with Gasteiger partial charge in [-0.05, 0) is 69.5 Å². The number of carbonyl (C=O) groups excluding carboxylic acids is 5. The van der Waals surface area contributed by atoms with Crippen molar-refractivity contribution in [2.24, 2.45) is 0 Å². The number of ether oxygens (including phenoxy) is 2. The van der Waals surface area contributed by atoms with E-state index in [1.807, 2.05) is 140 Å². The van der Waals surface area contributed by atoms with E-state index in [1.165, 1.54) is 18.9 Å². The van der Waals surface area contributed by atoms with Gasteiger partial charge in [-0.25, -0.2) is 4.79 Å². The van der Waals surface area contributed by atoms with Crippen LogP contribution in [0.2, 0.25) is 5.02 Å². The third-order valence-corrected chi connectivity index (χ3v) is 14.0. The topological polar surface area (TPSA) is 152 Å². The predicted molar refractivity (Wildman–Crippen MR) is 256 cm³/mol. The van der Waals surface area contributed by atoms with Crippen LogP contribution in [0.25, 0.3) is 11.1 Å². The lowest BCUT2D eigenvalue weighted by atomic mass is 9.84. The number of rotatable bonds is 18. The Morgan fingerprint density at radius 1 is 0.682 bits per heavy atom. The zero-order valence-electron chi connectivity index (χ0n) is 36.2. The molecule has 0 aliphatic heterocycles. The Hall–Kier alpha value is -6.89. The van der Waals surface area contributed by atoms with Gasteiger partial charge < -0.3 is 30.7 Å². The van der Waals surface area contributed by atoms with Crippen molar-refractivity contribution in [3.8, 4) is 11.1 Å². The first kappa shape index (κ1) is 45.7. The maximum Gasteiger partial charge on any atom is 0.407 e. The molecule has 336 valence electrons. The molecule has 2 aliphatic carbocycles. The van der Waals surface area contributed by atoms with Crippen LogP contribution in [0, 0.1) is 0 Å². The molecule has 6 aromatic carbocycles. The average Bonchev–Trinajstić information content (AvgIpc) is 4.07. The summed E-state index contributed by atoms with van der Waals surface area (Å²) in [5.41, 5.74) is 6.41. The van der Waals surface area contributed by atoms with Gasteiger partial charge in [-0.1, -0.05) is 163 Å². The number of halogens is 1. The van der Waals surface area contributed by atoms with Crippen LogP contribution in [-0.4, -0.2) is 73.4 Å². The summed E-state index contributed by atoms with van der Waals surface area (Å²) in [5, 5.41) is 11.7. The lowest BCUT2D eigenvalue weighted by Crippen LogP contribution is -2.59. The zero-order chi connectivity index (χ0) is 46.1. The van der Waals surface area contributed by atoms with E-state index in [-0.39, 0.29) is 31.2 Å². The number of esters is 1. The highest BCUT2D eigenvalue weighted by molar-refractivity contribution is 8.00. The highest BCUT2D eigenvalue weighted by Gasteiger charge is 2.52. The fourth-order valence-electron chi connectivity index (χ4n) is 8.57. The van der Waals surface area contributed by atoms with Gasteiger partial charge >= 0.3 is 12.1 Å². The Kier molecular flexibility index (Phi) is 14.2. The van der Waals surface area contributed by atoms with E-state index in [0.29, 0.717) is 23.4 Å². The SMILES string of the molecule is COC(=O)CNC(=O)C1(NC(=O)C(CSC(c2ccccc2)(c2ccccc2)c2ccccc2)NC(=O)C(Cc2cccc(Cl)c2)NC(=O)OCC2c3ccccc3-c3ccccc32)CC1. The van der Waals surface area contributed by atoms with E-state index >= 15 is 0 Å². The van der Waals surface area contributed by atoms with Crippen molar-refractivity contribution < 1.29 is 33.4 Å². The molecule has 4 N–H and O–H groups in total. The lowest BCUT2D eigenvalue weighted by molar-refractivity contribution is -0.141. The molecule has 1 saturated carbocycles. The third kappa shape index (κ3) is 10.1. The molecule has 0 heterocycles. The Morgan fingerprint density at radius 3 is 1.76 bits per heavy atom. The summed E-state index contributed by atoms with van der Waals surface area (Å²) in [6.45, 7) is -0.350. The van der Waals surface area contributed by atoms with Crippen molar-refractivity contribution in [3.63, 3.8) is 0 Å². The maximum atomic E-state index is 14.8. The molecule has 2 unspecified atom stereocenters. The molecule has 1 fully saturated rings. The summed E-state index contributed by atoms with van der Waals surface area (Å²) in [5.74, 6) is -2.65. The lowest BCUT2D eigenvalue weighted by Gasteiger charge is -2.37. The summed E-state index contributed by atoms with van der Waals surface area (Å²) < 4.78 is 9.73. The van der Waals surface area contributed by atoms with Crippen LogP contribution >= 0.6 is 23.4 Å². The molecule has 11 nitrogen and oxygen atoms in total. The van der Waals surface area contributed by atoms with Gasteiger partial charge in [-0.3, -0.25) is 19.2 Å². The predicted octanol–water partition coefficient (Wildman–Crippen LogP) is 7.94. The van der Waals surface area contributed by atoms with Crippen LogP contribution in [-0.2, 0) is 39.8 Å². The smallest absolute Gasteiger partial charge is 0.407 e. The molecular weight excluding hydrogens is 872 g/mol. The molecule has 0 aromatic heterocycles. The van der Waals surface area contributed by atoms with E-state index in [0.717, 1.165) is 38.9 Å². The number of amides is 4. The number of methoxy groups -OCH3 is 1. The van der Waals surface area contributed by atoms with Gasteiger partial charge in [-0.2, -0.15) is 0 Å². The van der Waals surface area contributed by atoms with Crippen molar-refractivity contribution in [1.29, 1.82) is 0 Å². The molecule has 0 saturated heterocycles. The largest absolute Gasteiger partial charge is 0.468 e. The van der Waals surface area contributed by atoms with Gasteiger partial charge in [0.15, 0.2) is 0 Å². The number of alkyl carbamates (subject to hydrolysis) is 1. The minimum Gasteiger partial charge on any atom is -0.468 e. The summed E-state index contributed by atoms with van der Waals surface area (Å²) in [6.07, 6.45) is -0.158. The van der Waals surface area contributed by atoms with E-state index in [4.69, 9.17) is 21.1 Å². The zero-order valence-corrected chi connectivity index (χ0v) is 37.8. The summed E-state index contributed by atoms with van der Waals surface area (Å²) in [4.78, 5) is 68.7. The molecule has 8 rings (SSSR count).